The Bertz CT molecular complexity index is 287. The van der Waals surface area contributed by atoms with Crippen molar-refractivity contribution >= 4 is 11.6 Å². The van der Waals surface area contributed by atoms with Gasteiger partial charge in [-0.15, -0.1) is 11.6 Å². The maximum Gasteiger partial charge on any atom is 0.0421 e. The molecule has 0 spiro atoms. The zero-order chi connectivity index (χ0) is 12.2. The van der Waals surface area contributed by atoms with Crippen LogP contribution < -0.4 is 0 Å². The molecular weight excluding hydrogens is 230 g/mol. The lowest BCUT2D eigenvalue weighted by Crippen LogP contribution is -2.55. The van der Waals surface area contributed by atoms with Crippen LogP contribution in [0.4, 0.5) is 0 Å². The molecule has 0 heterocycles. The van der Waals surface area contributed by atoms with E-state index in [-0.39, 0.29) is 0 Å². The molecule has 4 bridgehead atoms. The van der Waals surface area contributed by atoms with Gasteiger partial charge in [0.2, 0.25) is 0 Å². The molecule has 1 nitrogen and oxygen atoms in total. The molecule has 4 atom stereocenters. The standard InChI is InChI=1S/C15H26ClN/c1-10(17(2)3)7-15-8-11-4-12(9-15)6-13(5-11)14(15)16/h10-14H,4-9H2,1-3H3. The first-order valence-corrected chi connectivity index (χ1v) is 7.74. The highest BCUT2D eigenvalue weighted by Crippen LogP contribution is 2.63. The first-order chi connectivity index (χ1) is 8.00. The molecule has 4 aliphatic rings. The summed E-state index contributed by atoms with van der Waals surface area (Å²) >= 11 is 6.86. The van der Waals surface area contributed by atoms with Gasteiger partial charge in [0.05, 0.1) is 0 Å². The van der Waals surface area contributed by atoms with E-state index in [9.17, 15) is 0 Å². The third-order valence-electron chi connectivity index (χ3n) is 5.91. The Morgan fingerprint density at radius 3 is 2.29 bits per heavy atom. The van der Waals surface area contributed by atoms with E-state index in [1.165, 1.54) is 38.5 Å². The van der Waals surface area contributed by atoms with E-state index in [1.54, 1.807) is 0 Å². The normalized spacial score (nSPS) is 49.9. The molecule has 17 heavy (non-hydrogen) atoms. The van der Waals surface area contributed by atoms with Crippen LogP contribution in [0.3, 0.4) is 0 Å². The fraction of sp³-hybridized carbons (Fsp3) is 1.00. The molecule has 0 saturated heterocycles. The highest BCUT2D eigenvalue weighted by molar-refractivity contribution is 6.21. The van der Waals surface area contributed by atoms with E-state index in [0.717, 1.165) is 17.8 Å². The van der Waals surface area contributed by atoms with Crippen LogP contribution in [0.25, 0.3) is 0 Å². The molecule has 0 radical (unpaired) electrons. The lowest BCUT2D eigenvalue weighted by molar-refractivity contribution is -0.0611. The van der Waals surface area contributed by atoms with E-state index in [1.807, 2.05) is 0 Å². The molecule has 4 fully saturated rings. The molecule has 4 unspecified atom stereocenters. The van der Waals surface area contributed by atoms with Gasteiger partial charge >= 0.3 is 0 Å². The van der Waals surface area contributed by atoms with E-state index < -0.39 is 0 Å². The first kappa shape index (κ1) is 12.3. The van der Waals surface area contributed by atoms with E-state index in [0.29, 0.717) is 16.8 Å². The van der Waals surface area contributed by atoms with Gasteiger partial charge in [0.25, 0.3) is 0 Å². The Morgan fingerprint density at radius 1 is 1.18 bits per heavy atom. The Kier molecular flexibility index (Phi) is 2.99. The van der Waals surface area contributed by atoms with Gasteiger partial charge in [0.1, 0.15) is 0 Å². The molecule has 0 amide bonds. The number of halogens is 1. The van der Waals surface area contributed by atoms with Crippen LogP contribution in [0.2, 0.25) is 0 Å². The van der Waals surface area contributed by atoms with Gasteiger partial charge in [-0.1, -0.05) is 0 Å². The van der Waals surface area contributed by atoms with Crippen LogP contribution in [-0.2, 0) is 0 Å². The Hall–Kier alpha value is 0.250. The lowest BCUT2D eigenvalue weighted by atomic mass is 9.48. The second-order valence-corrected chi connectivity index (χ2v) is 7.86. The topological polar surface area (TPSA) is 3.24 Å². The smallest absolute Gasteiger partial charge is 0.0421 e. The van der Waals surface area contributed by atoms with Gasteiger partial charge in [0, 0.05) is 11.4 Å². The number of hydrogen-bond donors (Lipinski definition) is 0. The van der Waals surface area contributed by atoms with Gasteiger partial charge < -0.3 is 4.90 Å². The average Bonchev–Trinajstić information content (AvgIpc) is 2.24. The average molecular weight is 256 g/mol. The highest BCUT2D eigenvalue weighted by atomic mass is 35.5. The molecule has 98 valence electrons. The summed E-state index contributed by atoms with van der Waals surface area (Å²) in [7, 11) is 4.41. The van der Waals surface area contributed by atoms with Crippen LogP contribution in [0.1, 0.15) is 45.4 Å². The molecule has 2 heteroatoms. The van der Waals surface area contributed by atoms with Crippen molar-refractivity contribution in [3.05, 3.63) is 0 Å². The Balaban J connectivity index is 1.80. The number of hydrogen-bond acceptors (Lipinski definition) is 1. The van der Waals surface area contributed by atoms with E-state index in [2.05, 4.69) is 25.9 Å². The number of rotatable bonds is 3. The minimum absolute atomic E-state index is 0.470. The van der Waals surface area contributed by atoms with Crippen LogP contribution in [0, 0.1) is 23.2 Å². The molecule has 0 aliphatic heterocycles. The molecule has 4 rings (SSSR count). The SMILES string of the molecule is CC(CC12CC3CC(CC(C3)C1Cl)C2)N(C)C. The second-order valence-electron chi connectivity index (χ2n) is 7.39. The van der Waals surface area contributed by atoms with Crippen molar-refractivity contribution in [2.24, 2.45) is 23.2 Å². The van der Waals surface area contributed by atoms with Crippen molar-refractivity contribution in [3.63, 3.8) is 0 Å². The number of alkyl halides is 1. The fourth-order valence-electron chi connectivity index (χ4n) is 5.20. The molecule has 0 aromatic rings. The summed E-state index contributed by atoms with van der Waals surface area (Å²) in [5.74, 6) is 2.87. The van der Waals surface area contributed by atoms with Gasteiger partial charge in [-0.2, -0.15) is 0 Å². The summed E-state index contributed by atoms with van der Waals surface area (Å²) < 4.78 is 0. The van der Waals surface area contributed by atoms with Gasteiger partial charge in [0.15, 0.2) is 0 Å². The van der Waals surface area contributed by atoms with Crippen molar-refractivity contribution < 1.29 is 0 Å². The maximum absolute atomic E-state index is 6.86. The van der Waals surface area contributed by atoms with Crippen molar-refractivity contribution in [2.45, 2.75) is 56.9 Å². The predicted octanol–water partition coefficient (Wildman–Crippen LogP) is 3.76. The molecule has 0 aromatic carbocycles. The second kappa shape index (κ2) is 4.13. The van der Waals surface area contributed by atoms with Gasteiger partial charge in [-0.25, -0.2) is 0 Å². The minimum Gasteiger partial charge on any atom is -0.307 e. The zero-order valence-electron chi connectivity index (χ0n) is 11.5. The van der Waals surface area contributed by atoms with Crippen molar-refractivity contribution in [1.82, 2.24) is 4.90 Å². The van der Waals surface area contributed by atoms with Gasteiger partial charge in [-0.3, -0.25) is 0 Å². The summed E-state index contributed by atoms with van der Waals surface area (Å²) in [5.41, 5.74) is 0.486. The summed E-state index contributed by atoms with van der Waals surface area (Å²) in [4.78, 5) is 2.36. The van der Waals surface area contributed by atoms with Crippen molar-refractivity contribution in [2.75, 3.05) is 14.1 Å². The van der Waals surface area contributed by atoms with Crippen molar-refractivity contribution in [1.29, 1.82) is 0 Å². The zero-order valence-corrected chi connectivity index (χ0v) is 12.2. The quantitative estimate of drug-likeness (QED) is 0.694. The third-order valence-corrected chi connectivity index (χ3v) is 6.73. The Labute approximate surface area is 111 Å². The molecule has 4 aliphatic carbocycles. The van der Waals surface area contributed by atoms with Gasteiger partial charge in [-0.05, 0) is 82.7 Å². The van der Waals surface area contributed by atoms with E-state index >= 15 is 0 Å². The largest absolute Gasteiger partial charge is 0.307 e. The summed E-state index contributed by atoms with van der Waals surface area (Å²) in [6.45, 7) is 2.36. The minimum atomic E-state index is 0.470. The summed E-state index contributed by atoms with van der Waals surface area (Å²) in [5, 5.41) is 0.470. The molecule has 4 saturated carbocycles. The molecular formula is C15H26ClN. The van der Waals surface area contributed by atoms with Crippen LogP contribution in [0.15, 0.2) is 0 Å². The monoisotopic (exact) mass is 255 g/mol. The van der Waals surface area contributed by atoms with E-state index in [4.69, 9.17) is 11.6 Å². The van der Waals surface area contributed by atoms with Crippen LogP contribution in [-0.4, -0.2) is 30.4 Å². The summed E-state index contributed by atoms with van der Waals surface area (Å²) in [6, 6.07) is 0.674. The highest BCUT2D eigenvalue weighted by Gasteiger charge is 2.56. The molecule has 0 N–H and O–H groups in total. The van der Waals surface area contributed by atoms with Crippen molar-refractivity contribution in [3.8, 4) is 0 Å². The Morgan fingerprint density at radius 2 is 1.76 bits per heavy atom. The molecule has 0 aromatic heterocycles. The first-order valence-electron chi connectivity index (χ1n) is 7.31. The fourth-order valence-corrected chi connectivity index (χ4v) is 5.67. The summed E-state index contributed by atoms with van der Waals surface area (Å²) in [6.07, 6.45) is 8.54. The predicted molar refractivity (Wildman–Crippen MR) is 73.4 cm³/mol. The van der Waals surface area contributed by atoms with Crippen LogP contribution in [0.5, 0.6) is 0 Å². The van der Waals surface area contributed by atoms with Crippen LogP contribution >= 0.6 is 11.6 Å². The maximum atomic E-state index is 6.86. The number of nitrogens with zero attached hydrogens (tertiary/aromatic N) is 1. The lowest BCUT2D eigenvalue weighted by Gasteiger charge is -2.60. The third kappa shape index (κ3) is 1.94.